The molecule has 0 bridgehead atoms. The molecular weight excluding hydrogens is 220 g/mol. The maximum absolute atomic E-state index is 3.68. The van der Waals surface area contributed by atoms with E-state index in [0.717, 1.165) is 25.0 Å². The summed E-state index contributed by atoms with van der Waals surface area (Å²) < 4.78 is 0. The first-order valence-electron chi connectivity index (χ1n) is 7.29. The molecule has 1 aromatic rings. The van der Waals surface area contributed by atoms with Gasteiger partial charge in [-0.1, -0.05) is 44.2 Å². The highest BCUT2D eigenvalue weighted by molar-refractivity contribution is 5.14. The first kappa shape index (κ1) is 13.6. The van der Waals surface area contributed by atoms with Crippen LogP contribution in [0.1, 0.15) is 32.3 Å². The fourth-order valence-corrected chi connectivity index (χ4v) is 2.85. The first-order chi connectivity index (χ1) is 8.79. The van der Waals surface area contributed by atoms with E-state index < -0.39 is 0 Å². The zero-order valence-corrected chi connectivity index (χ0v) is 11.7. The van der Waals surface area contributed by atoms with Crippen LogP contribution in [0.15, 0.2) is 30.3 Å². The molecule has 2 heteroatoms. The number of benzene rings is 1. The van der Waals surface area contributed by atoms with Crippen LogP contribution in [0.25, 0.3) is 0 Å². The zero-order valence-electron chi connectivity index (χ0n) is 11.7. The number of likely N-dealkylation sites (tertiary alicyclic amines) is 1. The van der Waals surface area contributed by atoms with E-state index >= 15 is 0 Å². The quantitative estimate of drug-likeness (QED) is 0.859. The summed E-state index contributed by atoms with van der Waals surface area (Å²) in [5.74, 6) is 0.758. The van der Waals surface area contributed by atoms with Gasteiger partial charge in [0.2, 0.25) is 0 Å². The summed E-state index contributed by atoms with van der Waals surface area (Å²) in [5, 5.41) is 3.68. The molecule has 1 heterocycles. The Morgan fingerprint density at radius 1 is 1.28 bits per heavy atom. The Bertz CT molecular complexity index is 336. The molecule has 1 saturated heterocycles. The number of hydrogen-bond donors (Lipinski definition) is 1. The van der Waals surface area contributed by atoms with Crippen molar-refractivity contribution in [2.75, 3.05) is 19.6 Å². The monoisotopic (exact) mass is 246 g/mol. The van der Waals surface area contributed by atoms with Crippen molar-refractivity contribution < 1.29 is 0 Å². The highest BCUT2D eigenvalue weighted by Gasteiger charge is 2.25. The van der Waals surface area contributed by atoms with Crippen molar-refractivity contribution in [2.45, 2.75) is 39.3 Å². The molecule has 0 spiro atoms. The molecule has 2 nitrogen and oxygen atoms in total. The van der Waals surface area contributed by atoms with Gasteiger partial charge in [-0.05, 0) is 37.4 Å². The highest BCUT2D eigenvalue weighted by Crippen LogP contribution is 2.18. The molecule has 100 valence electrons. The Morgan fingerprint density at radius 2 is 2.06 bits per heavy atom. The molecule has 1 N–H and O–H groups in total. The smallest absolute Gasteiger partial charge is 0.0233 e. The maximum atomic E-state index is 3.68. The van der Waals surface area contributed by atoms with Crippen LogP contribution in [0.4, 0.5) is 0 Å². The molecule has 1 fully saturated rings. The molecule has 0 aliphatic carbocycles. The van der Waals surface area contributed by atoms with Crippen LogP contribution in [-0.4, -0.2) is 30.6 Å². The van der Waals surface area contributed by atoms with E-state index in [9.17, 15) is 0 Å². The molecule has 1 aliphatic heterocycles. The number of hydrogen-bond acceptors (Lipinski definition) is 2. The second-order valence-corrected chi connectivity index (χ2v) is 5.55. The van der Waals surface area contributed by atoms with E-state index in [4.69, 9.17) is 0 Å². The van der Waals surface area contributed by atoms with Gasteiger partial charge in [0.1, 0.15) is 0 Å². The molecule has 0 saturated carbocycles. The Morgan fingerprint density at radius 3 is 2.72 bits per heavy atom. The lowest BCUT2D eigenvalue weighted by Gasteiger charge is -2.37. The molecule has 18 heavy (non-hydrogen) atoms. The lowest BCUT2D eigenvalue weighted by molar-refractivity contribution is 0.141. The topological polar surface area (TPSA) is 15.3 Å². The summed E-state index contributed by atoms with van der Waals surface area (Å²) in [6, 6.07) is 11.5. The van der Waals surface area contributed by atoms with Crippen molar-refractivity contribution >= 4 is 0 Å². The third-order valence-corrected chi connectivity index (χ3v) is 3.89. The minimum Gasteiger partial charge on any atom is -0.314 e. The van der Waals surface area contributed by atoms with E-state index in [2.05, 4.69) is 54.4 Å². The maximum Gasteiger partial charge on any atom is 0.0233 e. The van der Waals surface area contributed by atoms with Crippen LogP contribution in [0.2, 0.25) is 0 Å². The van der Waals surface area contributed by atoms with Gasteiger partial charge in [-0.3, -0.25) is 4.90 Å². The lowest BCUT2D eigenvalue weighted by atomic mass is 9.93. The SMILES string of the molecule is CCCNC1CCN(Cc2ccccc2)CC1C. The molecule has 0 radical (unpaired) electrons. The second-order valence-electron chi connectivity index (χ2n) is 5.55. The zero-order chi connectivity index (χ0) is 12.8. The van der Waals surface area contributed by atoms with E-state index in [1.54, 1.807) is 0 Å². The number of nitrogens with one attached hydrogen (secondary N) is 1. The van der Waals surface area contributed by atoms with Gasteiger partial charge in [-0.2, -0.15) is 0 Å². The van der Waals surface area contributed by atoms with Crippen molar-refractivity contribution in [3.8, 4) is 0 Å². The summed E-state index contributed by atoms with van der Waals surface area (Å²) in [7, 11) is 0. The largest absolute Gasteiger partial charge is 0.314 e. The predicted octanol–water partition coefficient (Wildman–Crippen LogP) is 2.90. The normalized spacial score (nSPS) is 25.2. The van der Waals surface area contributed by atoms with Gasteiger partial charge in [0.25, 0.3) is 0 Å². The molecule has 2 unspecified atom stereocenters. The van der Waals surface area contributed by atoms with Gasteiger partial charge in [-0.15, -0.1) is 0 Å². The Balaban J connectivity index is 1.81. The van der Waals surface area contributed by atoms with E-state index in [1.807, 2.05) is 0 Å². The molecule has 2 atom stereocenters. The fourth-order valence-electron chi connectivity index (χ4n) is 2.85. The summed E-state index contributed by atoms with van der Waals surface area (Å²) >= 11 is 0. The summed E-state index contributed by atoms with van der Waals surface area (Å²) in [6.45, 7) is 9.32. The summed E-state index contributed by atoms with van der Waals surface area (Å²) in [4.78, 5) is 2.59. The second kappa shape index (κ2) is 6.91. The van der Waals surface area contributed by atoms with Crippen LogP contribution in [0, 0.1) is 5.92 Å². The number of rotatable bonds is 5. The average molecular weight is 246 g/mol. The fraction of sp³-hybridized carbons (Fsp3) is 0.625. The van der Waals surface area contributed by atoms with E-state index in [-0.39, 0.29) is 0 Å². The number of piperidine rings is 1. The molecule has 1 aromatic carbocycles. The van der Waals surface area contributed by atoms with Crippen LogP contribution >= 0.6 is 0 Å². The number of nitrogens with zero attached hydrogens (tertiary/aromatic N) is 1. The third kappa shape index (κ3) is 3.82. The minimum atomic E-state index is 0.719. The summed E-state index contributed by atoms with van der Waals surface area (Å²) in [6.07, 6.45) is 2.52. The van der Waals surface area contributed by atoms with E-state index in [0.29, 0.717) is 0 Å². The van der Waals surface area contributed by atoms with Gasteiger partial charge in [0.05, 0.1) is 0 Å². The molecule has 2 rings (SSSR count). The van der Waals surface area contributed by atoms with Crippen molar-refractivity contribution in [2.24, 2.45) is 5.92 Å². The molecule has 1 aliphatic rings. The summed E-state index contributed by atoms with van der Waals surface area (Å²) in [5.41, 5.74) is 1.43. The standard InChI is InChI=1S/C16H26N2/c1-3-10-17-16-9-11-18(12-14(16)2)13-15-7-5-4-6-8-15/h4-8,14,16-17H,3,9-13H2,1-2H3. The van der Waals surface area contributed by atoms with Crippen LogP contribution < -0.4 is 5.32 Å². The van der Waals surface area contributed by atoms with Gasteiger partial charge in [-0.25, -0.2) is 0 Å². The Labute approximate surface area is 111 Å². The molecule has 0 aromatic heterocycles. The minimum absolute atomic E-state index is 0.719. The average Bonchev–Trinajstić information content (AvgIpc) is 2.39. The van der Waals surface area contributed by atoms with Gasteiger partial charge < -0.3 is 5.32 Å². The molecule has 0 amide bonds. The van der Waals surface area contributed by atoms with Crippen molar-refractivity contribution in [1.29, 1.82) is 0 Å². The first-order valence-corrected chi connectivity index (χ1v) is 7.29. The van der Waals surface area contributed by atoms with Crippen LogP contribution in [0.5, 0.6) is 0 Å². The third-order valence-electron chi connectivity index (χ3n) is 3.89. The highest BCUT2D eigenvalue weighted by atomic mass is 15.1. The van der Waals surface area contributed by atoms with E-state index in [1.165, 1.54) is 31.5 Å². The Kier molecular flexibility index (Phi) is 5.21. The van der Waals surface area contributed by atoms with Gasteiger partial charge >= 0.3 is 0 Å². The Hall–Kier alpha value is -0.860. The molecular formula is C16H26N2. The van der Waals surface area contributed by atoms with Crippen molar-refractivity contribution in [1.82, 2.24) is 10.2 Å². The van der Waals surface area contributed by atoms with Crippen LogP contribution in [0.3, 0.4) is 0 Å². The predicted molar refractivity (Wildman–Crippen MR) is 77.6 cm³/mol. The van der Waals surface area contributed by atoms with Crippen LogP contribution in [-0.2, 0) is 6.54 Å². The van der Waals surface area contributed by atoms with Gasteiger partial charge in [0, 0.05) is 19.1 Å². The van der Waals surface area contributed by atoms with Crippen molar-refractivity contribution in [3.63, 3.8) is 0 Å². The lowest BCUT2D eigenvalue weighted by Crippen LogP contribution is -2.48. The van der Waals surface area contributed by atoms with Crippen molar-refractivity contribution in [3.05, 3.63) is 35.9 Å². The van der Waals surface area contributed by atoms with Gasteiger partial charge in [0.15, 0.2) is 0 Å².